The van der Waals surface area contributed by atoms with Gasteiger partial charge in [-0.3, -0.25) is 4.79 Å². The molecule has 1 aliphatic rings. The number of aromatic nitrogens is 2. The molecule has 0 saturated heterocycles. The van der Waals surface area contributed by atoms with Crippen molar-refractivity contribution in [2.75, 3.05) is 0 Å². The molecule has 110 valence electrons. The SMILES string of the molecule is Cc1nc(C2CC2)oc1C(=O)NCc1nc(C(=O)O)cs1. The zero-order valence-electron chi connectivity index (χ0n) is 11.3. The first-order valence-electron chi connectivity index (χ1n) is 6.48. The summed E-state index contributed by atoms with van der Waals surface area (Å²) in [4.78, 5) is 30.9. The number of carboxylic acid groups (broad SMARTS) is 1. The summed E-state index contributed by atoms with van der Waals surface area (Å²) in [5.41, 5.74) is 0.552. The summed E-state index contributed by atoms with van der Waals surface area (Å²) < 4.78 is 5.50. The van der Waals surface area contributed by atoms with Gasteiger partial charge in [-0.15, -0.1) is 11.3 Å². The van der Waals surface area contributed by atoms with Gasteiger partial charge in [0.1, 0.15) is 5.01 Å². The minimum absolute atomic E-state index is 0.0175. The fraction of sp³-hybridized carbons (Fsp3) is 0.385. The van der Waals surface area contributed by atoms with Crippen molar-refractivity contribution in [2.45, 2.75) is 32.2 Å². The highest BCUT2D eigenvalue weighted by atomic mass is 32.1. The zero-order chi connectivity index (χ0) is 15.0. The standard InChI is InChI=1S/C13H13N3O4S/c1-6-10(20-12(15-6)7-2-3-7)11(17)14-4-9-16-8(5-21-9)13(18)19/h5,7H,2-4H2,1H3,(H,14,17)(H,18,19). The van der Waals surface area contributed by atoms with Gasteiger partial charge in [0, 0.05) is 11.3 Å². The second-order valence-electron chi connectivity index (χ2n) is 4.86. The average molecular weight is 307 g/mol. The lowest BCUT2D eigenvalue weighted by atomic mass is 10.3. The molecule has 0 aliphatic heterocycles. The van der Waals surface area contributed by atoms with Gasteiger partial charge < -0.3 is 14.8 Å². The van der Waals surface area contributed by atoms with Crippen molar-refractivity contribution in [3.63, 3.8) is 0 Å². The Labute approximate surface area is 124 Å². The first kappa shape index (κ1) is 13.7. The van der Waals surface area contributed by atoms with E-state index in [1.165, 1.54) is 16.7 Å². The second kappa shape index (κ2) is 5.28. The molecule has 0 aromatic carbocycles. The van der Waals surface area contributed by atoms with Crippen LogP contribution in [0.3, 0.4) is 0 Å². The summed E-state index contributed by atoms with van der Waals surface area (Å²) in [5, 5.41) is 13.4. The smallest absolute Gasteiger partial charge is 0.355 e. The molecule has 1 aliphatic carbocycles. The number of amides is 1. The number of carboxylic acids is 1. The Morgan fingerprint density at radius 3 is 2.86 bits per heavy atom. The number of hydrogen-bond donors (Lipinski definition) is 2. The van der Waals surface area contributed by atoms with E-state index < -0.39 is 5.97 Å². The Kier molecular flexibility index (Phi) is 3.46. The molecule has 1 fully saturated rings. The summed E-state index contributed by atoms with van der Waals surface area (Å²) in [6.45, 7) is 1.89. The predicted octanol–water partition coefficient (Wildman–Crippen LogP) is 1.95. The fourth-order valence-corrected chi connectivity index (χ4v) is 2.57. The van der Waals surface area contributed by atoms with Crippen molar-refractivity contribution in [3.05, 3.63) is 33.4 Å². The maximum Gasteiger partial charge on any atom is 0.355 e. The predicted molar refractivity (Wildman–Crippen MR) is 73.5 cm³/mol. The van der Waals surface area contributed by atoms with Crippen LogP contribution >= 0.6 is 11.3 Å². The van der Waals surface area contributed by atoms with Gasteiger partial charge in [-0.05, 0) is 19.8 Å². The zero-order valence-corrected chi connectivity index (χ0v) is 12.1. The Hall–Kier alpha value is -2.22. The molecule has 2 aromatic heterocycles. The van der Waals surface area contributed by atoms with Crippen molar-refractivity contribution in [2.24, 2.45) is 0 Å². The molecule has 8 heteroatoms. The van der Waals surface area contributed by atoms with Crippen LogP contribution in [0.2, 0.25) is 0 Å². The summed E-state index contributed by atoms with van der Waals surface area (Å²) in [5.74, 6) is -0.253. The van der Waals surface area contributed by atoms with Crippen molar-refractivity contribution in [3.8, 4) is 0 Å². The number of rotatable bonds is 5. The van der Waals surface area contributed by atoms with E-state index in [0.717, 1.165) is 12.8 Å². The summed E-state index contributed by atoms with van der Waals surface area (Å²) in [6.07, 6.45) is 2.11. The molecule has 2 aromatic rings. The Bertz CT molecular complexity index is 702. The molecule has 1 saturated carbocycles. The molecule has 0 atom stereocenters. The van der Waals surface area contributed by atoms with Gasteiger partial charge in [-0.1, -0.05) is 0 Å². The van der Waals surface area contributed by atoms with E-state index in [1.807, 2.05) is 0 Å². The van der Waals surface area contributed by atoms with E-state index in [1.54, 1.807) is 6.92 Å². The topological polar surface area (TPSA) is 105 Å². The van der Waals surface area contributed by atoms with Gasteiger partial charge in [-0.2, -0.15) is 0 Å². The lowest BCUT2D eigenvalue weighted by Gasteiger charge is -2.00. The average Bonchev–Trinajstić information content (AvgIpc) is 3.05. The van der Waals surface area contributed by atoms with E-state index in [2.05, 4.69) is 15.3 Å². The second-order valence-corrected chi connectivity index (χ2v) is 5.80. The molecule has 1 amide bonds. The van der Waals surface area contributed by atoms with Crippen LogP contribution in [0.15, 0.2) is 9.80 Å². The lowest BCUT2D eigenvalue weighted by molar-refractivity contribution is 0.0691. The van der Waals surface area contributed by atoms with Gasteiger partial charge in [0.2, 0.25) is 5.76 Å². The number of hydrogen-bond acceptors (Lipinski definition) is 6. The van der Waals surface area contributed by atoms with Gasteiger partial charge in [-0.25, -0.2) is 14.8 Å². The van der Waals surface area contributed by atoms with Gasteiger partial charge in [0.25, 0.3) is 5.91 Å². The number of aryl methyl sites for hydroxylation is 1. The number of thiazole rings is 1. The molecule has 0 unspecified atom stereocenters. The number of carbonyl (C=O) groups excluding carboxylic acids is 1. The fourth-order valence-electron chi connectivity index (χ4n) is 1.86. The first-order valence-corrected chi connectivity index (χ1v) is 7.35. The molecule has 3 rings (SSSR count). The van der Waals surface area contributed by atoms with Crippen LogP contribution in [0.25, 0.3) is 0 Å². The third kappa shape index (κ3) is 2.94. The molecule has 0 radical (unpaired) electrons. The number of oxazole rings is 1. The van der Waals surface area contributed by atoms with Gasteiger partial charge in [0.05, 0.1) is 12.2 Å². The first-order chi connectivity index (χ1) is 10.0. The van der Waals surface area contributed by atoms with Gasteiger partial charge >= 0.3 is 5.97 Å². The Balaban J connectivity index is 1.64. The van der Waals surface area contributed by atoms with E-state index in [0.29, 0.717) is 22.5 Å². The number of carbonyl (C=O) groups is 2. The van der Waals surface area contributed by atoms with Crippen molar-refractivity contribution >= 4 is 23.2 Å². The van der Waals surface area contributed by atoms with Crippen molar-refractivity contribution < 1.29 is 19.1 Å². The molecule has 2 heterocycles. The monoisotopic (exact) mass is 307 g/mol. The normalized spacial score (nSPS) is 14.1. The molecular formula is C13H13N3O4S. The van der Waals surface area contributed by atoms with Crippen LogP contribution in [0.5, 0.6) is 0 Å². The van der Waals surface area contributed by atoms with E-state index in [4.69, 9.17) is 9.52 Å². The van der Waals surface area contributed by atoms with Crippen LogP contribution in [-0.4, -0.2) is 27.0 Å². The van der Waals surface area contributed by atoms with Crippen LogP contribution < -0.4 is 5.32 Å². The third-order valence-electron chi connectivity index (χ3n) is 3.12. The number of aromatic carboxylic acids is 1. The molecule has 7 nitrogen and oxygen atoms in total. The molecule has 21 heavy (non-hydrogen) atoms. The van der Waals surface area contributed by atoms with Crippen molar-refractivity contribution in [1.82, 2.24) is 15.3 Å². The van der Waals surface area contributed by atoms with Crippen molar-refractivity contribution in [1.29, 1.82) is 0 Å². The largest absolute Gasteiger partial charge is 0.476 e. The number of nitrogens with zero attached hydrogens (tertiary/aromatic N) is 2. The molecular weight excluding hydrogens is 294 g/mol. The van der Waals surface area contributed by atoms with E-state index in [-0.39, 0.29) is 23.9 Å². The quantitative estimate of drug-likeness (QED) is 0.874. The lowest BCUT2D eigenvalue weighted by Crippen LogP contribution is -2.23. The van der Waals surface area contributed by atoms with Crippen LogP contribution in [0, 0.1) is 6.92 Å². The van der Waals surface area contributed by atoms with Gasteiger partial charge in [0.15, 0.2) is 11.6 Å². The summed E-state index contributed by atoms with van der Waals surface area (Å²) >= 11 is 1.19. The summed E-state index contributed by atoms with van der Waals surface area (Å²) in [6, 6.07) is 0. The Morgan fingerprint density at radius 1 is 1.48 bits per heavy atom. The minimum Gasteiger partial charge on any atom is -0.476 e. The van der Waals surface area contributed by atoms with Crippen LogP contribution in [-0.2, 0) is 6.54 Å². The highest BCUT2D eigenvalue weighted by Crippen LogP contribution is 2.40. The Morgan fingerprint density at radius 2 is 2.24 bits per heavy atom. The highest BCUT2D eigenvalue weighted by molar-refractivity contribution is 7.09. The maximum atomic E-state index is 12.1. The van der Waals surface area contributed by atoms with E-state index >= 15 is 0 Å². The summed E-state index contributed by atoms with van der Waals surface area (Å²) in [7, 11) is 0. The number of nitrogens with one attached hydrogen (secondary N) is 1. The minimum atomic E-state index is -1.08. The van der Waals surface area contributed by atoms with Crippen LogP contribution in [0.4, 0.5) is 0 Å². The highest BCUT2D eigenvalue weighted by Gasteiger charge is 2.30. The molecule has 2 N–H and O–H groups in total. The third-order valence-corrected chi connectivity index (χ3v) is 3.97. The molecule has 0 bridgehead atoms. The molecule has 0 spiro atoms. The van der Waals surface area contributed by atoms with E-state index in [9.17, 15) is 9.59 Å². The van der Waals surface area contributed by atoms with Crippen LogP contribution in [0.1, 0.15) is 56.4 Å². The maximum absolute atomic E-state index is 12.1.